The summed E-state index contributed by atoms with van der Waals surface area (Å²) in [5.41, 5.74) is 5.30. The summed E-state index contributed by atoms with van der Waals surface area (Å²) in [6.45, 7) is 9.04. The number of allylic oxidation sites excluding steroid dienone is 2. The van der Waals surface area contributed by atoms with E-state index in [2.05, 4.69) is 40.7 Å². The van der Waals surface area contributed by atoms with Gasteiger partial charge in [0.2, 0.25) is 0 Å². The maximum Gasteiger partial charge on any atom is 0.337 e. The van der Waals surface area contributed by atoms with Crippen LogP contribution in [-0.4, -0.2) is 41.2 Å². The monoisotopic (exact) mass is 394 g/mol. The Hall–Kier alpha value is -2.79. The number of piperidine rings is 1. The van der Waals surface area contributed by atoms with Gasteiger partial charge in [0.05, 0.1) is 25.0 Å². The van der Waals surface area contributed by atoms with Gasteiger partial charge in [0.25, 0.3) is 0 Å². The topological polar surface area (TPSA) is 65.6 Å². The van der Waals surface area contributed by atoms with Crippen molar-refractivity contribution in [1.29, 1.82) is 0 Å². The number of aromatic amines is 1. The maximum absolute atomic E-state index is 12.2. The molecule has 4 rings (SSSR count). The molecule has 2 aliphatic rings. The summed E-state index contributed by atoms with van der Waals surface area (Å²) in [5.74, 6) is -0.589. The van der Waals surface area contributed by atoms with Crippen LogP contribution < -0.4 is 0 Å². The zero-order chi connectivity index (χ0) is 21.0. The van der Waals surface area contributed by atoms with Gasteiger partial charge in [-0.25, -0.2) is 4.79 Å². The lowest BCUT2D eigenvalue weighted by Crippen LogP contribution is -2.43. The maximum atomic E-state index is 12.2. The molecule has 0 radical (unpaired) electrons. The lowest BCUT2D eigenvalue weighted by atomic mass is 9.78. The van der Waals surface area contributed by atoms with Gasteiger partial charge in [-0.2, -0.15) is 0 Å². The molecule has 0 aliphatic carbocycles. The van der Waals surface area contributed by atoms with Gasteiger partial charge in [-0.15, -0.1) is 6.58 Å². The quantitative estimate of drug-likeness (QED) is 0.331. The summed E-state index contributed by atoms with van der Waals surface area (Å²) in [6.07, 6.45) is 6.51. The van der Waals surface area contributed by atoms with E-state index in [1.54, 1.807) is 6.08 Å². The largest absolute Gasteiger partial charge is 0.515 e. The van der Waals surface area contributed by atoms with Crippen molar-refractivity contribution in [2.24, 2.45) is 5.92 Å². The number of methoxy groups -OCH3 is 1. The molecule has 0 amide bonds. The average Bonchev–Trinajstić information content (AvgIpc) is 3.13. The van der Waals surface area contributed by atoms with E-state index in [9.17, 15) is 9.90 Å². The predicted octanol–water partition coefficient (Wildman–Crippen LogP) is 4.84. The first kappa shape index (κ1) is 20.9. The number of esters is 1. The van der Waals surface area contributed by atoms with Crippen molar-refractivity contribution in [2.75, 3.05) is 20.2 Å². The second-order valence-electron chi connectivity index (χ2n) is 7.44. The number of hydrogen-bond acceptors (Lipinski definition) is 4. The third-order valence-electron chi connectivity index (χ3n) is 5.87. The molecule has 0 spiro atoms. The lowest BCUT2D eigenvalue weighted by molar-refractivity contribution is -0.136. The normalized spacial score (nSPS) is 23.0. The molecule has 5 nitrogen and oxygen atoms in total. The van der Waals surface area contributed by atoms with E-state index in [4.69, 9.17) is 4.74 Å². The Labute approximate surface area is 172 Å². The zero-order valence-electron chi connectivity index (χ0n) is 17.4. The van der Waals surface area contributed by atoms with Crippen LogP contribution in [0.15, 0.2) is 60.4 Å². The van der Waals surface area contributed by atoms with Crippen molar-refractivity contribution in [3.05, 3.63) is 71.7 Å². The van der Waals surface area contributed by atoms with Crippen molar-refractivity contribution in [2.45, 2.75) is 32.7 Å². The van der Waals surface area contributed by atoms with Crippen molar-refractivity contribution in [3.8, 4) is 0 Å². The fourth-order valence-corrected chi connectivity index (χ4v) is 4.57. The molecule has 1 saturated heterocycles. The van der Waals surface area contributed by atoms with E-state index in [-0.39, 0.29) is 12.0 Å². The molecular formula is C24H30N2O3. The van der Waals surface area contributed by atoms with E-state index in [0.29, 0.717) is 5.57 Å². The molecule has 2 aromatic rings. The summed E-state index contributed by atoms with van der Waals surface area (Å²) < 4.78 is 4.89. The van der Waals surface area contributed by atoms with Crippen molar-refractivity contribution in [1.82, 2.24) is 9.88 Å². The zero-order valence-corrected chi connectivity index (χ0v) is 17.4. The van der Waals surface area contributed by atoms with Gasteiger partial charge in [-0.3, -0.25) is 4.90 Å². The SMILES string of the molecule is C/C=C1/CN2CCc3c([nH]c4ccccc34)[C@@H]2C[C@@H]1/C(=C/O)C(=O)OC.C=CC. The van der Waals surface area contributed by atoms with Crippen LogP contribution in [0.1, 0.15) is 37.6 Å². The number of ether oxygens (including phenoxy) is 1. The first-order valence-corrected chi connectivity index (χ1v) is 10.1. The molecular weight excluding hydrogens is 364 g/mol. The third-order valence-corrected chi connectivity index (χ3v) is 5.87. The van der Waals surface area contributed by atoms with Crippen LogP contribution in [0.2, 0.25) is 0 Å². The Morgan fingerprint density at radius 3 is 2.72 bits per heavy atom. The Bertz CT molecular complexity index is 954. The van der Waals surface area contributed by atoms with Crippen molar-refractivity contribution < 1.29 is 14.6 Å². The minimum atomic E-state index is -0.460. The van der Waals surface area contributed by atoms with Gasteiger partial charge in [0.1, 0.15) is 0 Å². The molecule has 1 fully saturated rings. The second-order valence-corrected chi connectivity index (χ2v) is 7.44. The van der Waals surface area contributed by atoms with Gasteiger partial charge in [-0.05, 0) is 38.3 Å². The highest BCUT2D eigenvalue weighted by Gasteiger charge is 2.40. The van der Waals surface area contributed by atoms with Crippen LogP contribution in [0, 0.1) is 5.92 Å². The molecule has 2 atom stereocenters. The van der Waals surface area contributed by atoms with Crippen LogP contribution in [0.5, 0.6) is 0 Å². The number of H-pyrrole nitrogens is 1. The summed E-state index contributed by atoms with van der Waals surface area (Å²) in [5, 5.41) is 11.0. The summed E-state index contributed by atoms with van der Waals surface area (Å²) in [7, 11) is 1.35. The summed E-state index contributed by atoms with van der Waals surface area (Å²) in [4.78, 5) is 18.2. The third kappa shape index (κ3) is 3.87. The average molecular weight is 395 g/mol. The van der Waals surface area contributed by atoms with Crippen LogP contribution >= 0.6 is 0 Å². The molecule has 2 N–H and O–H groups in total. The molecule has 3 heterocycles. The number of aromatic nitrogens is 1. The van der Waals surface area contributed by atoms with Gasteiger partial charge in [0.15, 0.2) is 0 Å². The Kier molecular flexibility index (Phi) is 6.60. The van der Waals surface area contributed by atoms with E-state index in [0.717, 1.165) is 37.8 Å². The van der Waals surface area contributed by atoms with E-state index in [1.807, 2.05) is 19.9 Å². The van der Waals surface area contributed by atoms with Crippen molar-refractivity contribution >= 4 is 16.9 Å². The predicted molar refractivity (Wildman–Crippen MR) is 117 cm³/mol. The molecule has 0 unspecified atom stereocenters. The minimum Gasteiger partial charge on any atom is -0.515 e. The van der Waals surface area contributed by atoms with Crippen LogP contribution in [0.25, 0.3) is 10.9 Å². The fourth-order valence-electron chi connectivity index (χ4n) is 4.57. The first-order chi connectivity index (χ1) is 14.1. The number of hydrogen-bond donors (Lipinski definition) is 2. The molecule has 2 aliphatic heterocycles. The number of fused-ring (bicyclic) bond motifs is 5. The highest BCUT2D eigenvalue weighted by Crippen LogP contribution is 2.44. The van der Waals surface area contributed by atoms with Gasteiger partial charge in [-0.1, -0.05) is 35.9 Å². The van der Waals surface area contributed by atoms with Gasteiger partial charge in [0, 0.05) is 35.6 Å². The van der Waals surface area contributed by atoms with E-state index < -0.39 is 5.97 Å². The number of para-hydroxylation sites is 1. The van der Waals surface area contributed by atoms with E-state index >= 15 is 0 Å². The number of nitrogens with zero attached hydrogens (tertiary/aromatic N) is 1. The Morgan fingerprint density at radius 2 is 2.07 bits per heavy atom. The molecule has 0 saturated carbocycles. The molecule has 5 heteroatoms. The molecule has 0 bridgehead atoms. The standard InChI is InChI=1S/C21H24N2O3.C3H6/c1-3-13-11-23-9-8-15-14-6-4-5-7-18(14)22-20(15)19(23)10-16(13)17(12-24)21(25)26-2;1-3-2/h3-7,12,16,19,22,24H,8-11H2,1-2H3;3H,1H2,2H3/b13-3-,17-12-;/t16-,19-;/m0./s1. The number of aliphatic hydroxyl groups is 1. The van der Waals surface area contributed by atoms with Gasteiger partial charge >= 0.3 is 5.97 Å². The summed E-state index contributed by atoms with van der Waals surface area (Å²) >= 11 is 0. The Morgan fingerprint density at radius 1 is 1.34 bits per heavy atom. The Balaban J connectivity index is 0.000000755. The highest BCUT2D eigenvalue weighted by atomic mass is 16.5. The molecule has 29 heavy (non-hydrogen) atoms. The molecule has 1 aromatic heterocycles. The van der Waals surface area contributed by atoms with Crippen molar-refractivity contribution in [3.63, 3.8) is 0 Å². The van der Waals surface area contributed by atoms with E-state index in [1.165, 1.54) is 29.3 Å². The number of nitrogens with one attached hydrogen (secondary N) is 1. The van der Waals surface area contributed by atoms with Crippen LogP contribution in [0.4, 0.5) is 0 Å². The van der Waals surface area contributed by atoms with Crippen LogP contribution in [0.3, 0.4) is 0 Å². The smallest absolute Gasteiger partial charge is 0.337 e. The second kappa shape index (κ2) is 9.14. The number of rotatable bonds is 2. The molecule has 154 valence electrons. The summed E-state index contributed by atoms with van der Waals surface area (Å²) in [6, 6.07) is 8.62. The lowest BCUT2D eigenvalue weighted by Gasteiger charge is -2.43. The molecule has 1 aromatic carbocycles. The fraction of sp³-hybridized carbons (Fsp3) is 0.375. The van der Waals surface area contributed by atoms with Gasteiger partial charge < -0.3 is 14.8 Å². The first-order valence-electron chi connectivity index (χ1n) is 10.1. The van der Waals surface area contributed by atoms with Crippen LogP contribution in [-0.2, 0) is 16.0 Å². The number of carbonyl (C=O) groups excluding carboxylic acids is 1. The number of benzene rings is 1. The minimum absolute atomic E-state index is 0.129. The highest BCUT2D eigenvalue weighted by molar-refractivity contribution is 5.89. The number of carbonyl (C=O) groups is 1. The number of aliphatic hydroxyl groups excluding tert-OH is 1.